The average Bonchev–Trinajstić information content (AvgIpc) is 2.71. The summed E-state index contributed by atoms with van der Waals surface area (Å²) < 4.78 is 15.8. The molecular weight excluding hydrogens is 376 g/mol. The van der Waals surface area contributed by atoms with Gasteiger partial charge in [0.15, 0.2) is 16.6 Å². The van der Waals surface area contributed by atoms with Crippen molar-refractivity contribution >= 4 is 28.9 Å². The lowest BCUT2D eigenvalue weighted by atomic mass is 10.1. The summed E-state index contributed by atoms with van der Waals surface area (Å²) in [6.07, 6.45) is 3.38. The van der Waals surface area contributed by atoms with Crippen LogP contribution in [0.3, 0.4) is 0 Å². The number of anilines is 1. The Hall–Kier alpha value is -2.80. The molecule has 0 unspecified atom stereocenters. The molecule has 2 aromatic carbocycles. The number of nitrogens with one attached hydrogen (secondary N) is 2. The maximum atomic E-state index is 12.6. The fraction of sp³-hybridized carbons (Fsp3) is 0.333. The van der Waals surface area contributed by atoms with Gasteiger partial charge in [-0.3, -0.25) is 10.1 Å². The number of carbonyl (C=O) groups is 1. The van der Waals surface area contributed by atoms with Gasteiger partial charge in [-0.05, 0) is 54.9 Å². The van der Waals surface area contributed by atoms with E-state index in [1.165, 1.54) is 26.9 Å². The lowest BCUT2D eigenvalue weighted by Gasteiger charge is -2.14. The molecule has 0 aliphatic carbocycles. The molecule has 0 aliphatic heterocycles. The summed E-state index contributed by atoms with van der Waals surface area (Å²) in [7, 11) is 4.50. The number of ether oxygens (including phenoxy) is 3. The molecule has 0 atom stereocenters. The quantitative estimate of drug-likeness (QED) is 0.646. The first-order chi connectivity index (χ1) is 13.5. The molecule has 0 heterocycles. The third-order valence-corrected chi connectivity index (χ3v) is 4.39. The minimum Gasteiger partial charge on any atom is -0.493 e. The summed E-state index contributed by atoms with van der Waals surface area (Å²) in [4.78, 5) is 12.6. The second-order valence-corrected chi connectivity index (χ2v) is 6.53. The van der Waals surface area contributed by atoms with E-state index in [0.717, 1.165) is 24.9 Å². The molecule has 150 valence electrons. The number of thiocarbonyl (C=S) groups is 1. The van der Waals surface area contributed by atoms with Crippen LogP contribution in [0.15, 0.2) is 36.4 Å². The predicted octanol–water partition coefficient (Wildman–Crippen LogP) is 4.18. The Morgan fingerprint density at radius 1 is 1.00 bits per heavy atom. The van der Waals surface area contributed by atoms with Gasteiger partial charge in [0.2, 0.25) is 5.75 Å². The topological polar surface area (TPSA) is 68.8 Å². The minimum absolute atomic E-state index is 0.208. The second-order valence-electron chi connectivity index (χ2n) is 6.12. The molecule has 2 rings (SSSR count). The molecule has 0 bridgehead atoms. The van der Waals surface area contributed by atoms with Crippen molar-refractivity contribution in [3.05, 3.63) is 47.5 Å². The highest BCUT2D eigenvalue weighted by molar-refractivity contribution is 7.80. The number of aryl methyl sites for hydroxylation is 1. The number of unbranched alkanes of at least 4 members (excludes halogenated alkanes) is 1. The highest BCUT2D eigenvalue weighted by Gasteiger charge is 2.17. The maximum Gasteiger partial charge on any atom is 0.257 e. The summed E-state index contributed by atoms with van der Waals surface area (Å²) in [5.41, 5.74) is 2.43. The second kappa shape index (κ2) is 10.5. The number of methoxy groups -OCH3 is 3. The Labute approximate surface area is 171 Å². The Bertz CT molecular complexity index is 797. The van der Waals surface area contributed by atoms with Crippen LogP contribution < -0.4 is 24.8 Å². The van der Waals surface area contributed by atoms with Crippen molar-refractivity contribution in [2.75, 3.05) is 26.6 Å². The zero-order chi connectivity index (χ0) is 20.5. The Morgan fingerprint density at radius 3 is 2.11 bits per heavy atom. The first-order valence-electron chi connectivity index (χ1n) is 9.03. The fourth-order valence-electron chi connectivity index (χ4n) is 2.69. The lowest BCUT2D eigenvalue weighted by Crippen LogP contribution is -2.34. The SMILES string of the molecule is CCCCc1ccc(NC(=S)NC(=O)c2cc(OC)c(OC)c(OC)c2)cc1. The van der Waals surface area contributed by atoms with E-state index in [1.807, 2.05) is 12.1 Å². The van der Waals surface area contributed by atoms with Gasteiger partial charge in [-0.25, -0.2) is 0 Å². The average molecular weight is 403 g/mol. The highest BCUT2D eigenvalue weighted by Crippen LogP contribution is 2.38. The van der Waals surface area contributed by atoms with E-state index < -0.39 is 0 Å². The molecular formula is C21H26N2O4S. The molecule has 0 spiro atoms. The Balaban J connectivity index is 2.05. The Morgan fingerprint density at radius 2 is 1.61 bits per heavy atom. The maximum absolute atomic E-state index is 12.6. The van der Waals surface area contributed by atoms with E-state index in [4.69, 9.17) is 26.4 Å². The largest absolute Gasteiger partial charge is 0.493 e. The Kier molecular flexibility index (Phi) is 8.07. The summed E-state index contributed by atoms with van der Waals surface area (Å²) in [5.74, 6) is 0.837. The first kappa shape index (κ1) is 21.5. The number of rotatable bonds is 8. The van der Waals surface area contributed by atoms with Crippen molar-refractivity contribution < 1.29 is 19.0 Å². The van der Waals surface area contributed by atoms with Crippen molar-refractivity contribution in [1.29, 1.82) is 0 Å². The summed E-state index contributed by atoms with van der Waals surface area (Å²) in [6, 6.07) is 11.2. The van der Waals surface area contributed by atoms with Gasteiger partial charge in [0.1, 0.15) is 0 Å². The van der Waals surface area contributed by atoms with E-state index in [-0.39, 0.29) is 11.0 Å². The monoisotopic (exact) mass is 402 g/mol. The molecule has 2 aromatic rings. The van der Waals surface area contributed by atoms with Crippen LogP contribution in [0.25, 0.3) is 0 Å². The fourth-order valence-corrected chi connectivity index (χ4v) is 2.90. The molecule has 6 nitrogen and oxygen atoms in total. The van der Waals surface area contributed by atoms with E-state index in [9.17, 15) is 4.79 Å². The minimum atomic E-state index is -0.378. The van der Waals surface area contributed by atoms with Crippen molar-refractivity contribution in [2.24, 2.45) is 0 Å². The number of carbonyl (C=O) groups excluding carboxylic acids is 1. The van der Waals surface area contributed by atoms with E-state index in [1.54, 1.807) is 12.1 Å². The third-order valence-electron chi connectivity index (χ3n) is 4.18. The first-order valence-corrected chi connectivity index (χ1v) is 9.44. The van der Waals surface area contributed by atoms with Gasteiger partial charge >= 0.3 is 0 Å². The zero-order valence-electron chi connectivity index (χ0n) is 16.6. The number of amides is 1. The van der Waals surface area contributed by atoms with Crippen LogP contribution in [-0.2, 0) is 6.42 Å². The van der Waals surface area contributed by atoms with Gasteiger partial charge in [0.05, 0.1) is 21.3 Å². The van der Waals surface area contributed by atoms with Gasteiger partial charge in [-0.1, -0.05) is 25.5 Å². The predicted molar refractivity (Wildman–Crippen MR) is 115 cm³/mol. The number of hydrogen-bond donors (Lipinski definition) is 2. The summed E-state index contributed by atoms with van der Waals surface area (Å²) in [5, 5.41) is 5.89. The van der Waals surface area contributed by atoms with Gasteiger partial charge < -0.3 is 19.5 Å². The molecule has 2 N–H and O–H groups in total. The standard InChI is InChI=1S/C21H26N2O4S/c1-5-6-7-14-8-10-16(11-9-14)22-21(28)23-20(24)15-12-17(25-2)19(27-4)18(13-15)26-3/h8-13H,5-7H2,1-4H3,(H2,22,23,24,28). The molecule has 0 fully saturated rings. The van der Waals surface area contributed by atoms with Crippen LogP contribution in [0.2, 0.25) is 0 Å². The molecule has 0 aromatic heterocycles. The molecule has 0 saturated carbocycles. The lowest BCUT2D eigenvalue weighted by molar-refractivity contribution is 0.0977. The van der Waals surface area contributed by atoms with Crippen molar-refractivity contribution in [3.63, 3.8) is 0 Å². The summed E-state index contributed by atoms with van der Waals surface area (Å²) in [6.45, 7) is 2.17. The van der Waals surface area contributed by atoms with Gasteiger partial charge in [0, 0.05) is 11.3 Å². The van der Waals surface area contributed by atoms with Crippen molar-refractivity contribution in [1.82, 2.24) is 5.32 Å². The number of hydrogen-bond acceptors (Lipinski definition) is 5. The van der Waals surface area contributed by atoms with E-state index >= 15 is 0 Å². The van der Waals surface area contributed by atoms with Crippen LogP contribution in [0.1, 0.15) is 35.7 Å². The smallest absolute Gasteiger partial charge is 0.257 e. The van der Waals surface area contributed by atoms with Crippen molar-refractivity contribution in [3.8, 4) is 17.2 Å². The number of benzene rings is 2. The van der Waals surface area contributed by atoms with Crippen LogP contribution in [0, 0.1) is 0 Å². The normalized spacial score (nSPS) is 10.1. The van der Waals surface area contributed by atoms with Gasteiger partial charge in [0.25, 0.3) is 5.91 Å². The third kappa shape index (κ3) is 5.60. The molecule has 0 aliphatic rings. The zero-order valence-corrected chi connectivity index (χ0v) is 17.4. The van der Waals surface area contributed by atoms with Crippen LogP contribution >= 0.6 is 12.2 Å². The molecule has 0 saturated heterocycles. The van der Waals surface area contributed by atoms with E-state index in [0.29, 0.717) is 22.8 Å². The molecule has 7 heteroatoms. The highest BCUT2D eigenvalue weighted by atomic mass is 32.1. The molecule has 28 heavy (non-hydrogen) atoms. The van der Waals surface area contributed by atoms with Crippen molar-refractivity contribution in [2.45, 2.75) is 26.2 Å². The van der Waals surface area contributed by atoms with Crippen LogP contribution in [-0.4, -0.2) is 32.3 Å². The van der Waals surface area contributed by atoms with Crippen LogP contribution in [0.4, 0.5) is 5.69 Å². The van der Waals surface area contributed by atoms with E-state index in [2.05, 4.69) is 29.7 Å². The van der Waals surface area contributed by atoms with Gasteiger partial charge in [-0.2, -0.15) is 0 Å². The molecule has 0 radical (unpaired) electrons. The molecule has 1 amide bonds. The van der Waals surface area contributed by atoms with Gasteiger partial charge in [-0.15, -0.1) is 0 Å². The summed E-state index contributed by atoms with van der Waals surface area (Å²) >= 11 is 5.26. The van der Waals surface area contributed by atoms with Crippen LogP contribution in [0.5, 0.6) is 17.2 Å².